The molecule has 3 nitrogen and oxygen atoms in total. The van der Waals surface area contributed by atoms with Crippen LogP contribution in [0.5, 0.6) is 0 Å². The molecule has 0 radical (unpaired) electrons. The van der Waals surface area contributed by atoms with Gasteiger partial charge in [-0.25, -0.2) is 0 Å². The fourth-order valence-corrected chi connectivity index (χ4v) is 2.35. The van der Waals surface area contributed by atoms with Gasteiger partial charge in [0.15, 0.2) is 0 Å². The SMILES string of the molecule is C=CCN(Cc1cc(CNC(C)(C)C)oc1C)C1CC1. The molecule has 1 aliphatic rings. The highest BCUT2D eigenvalue weighted by atomic mass is 16.3. The molecule has 1 aromatic heterocycles. The van der Waals surface area contributed by atoms with Gasteiger partial charge in [0.25, 0.3) is 0 Å². The Morgan fingerprint density at radius 2 is 2.15 bits per heavy atom. The first kappa shape index (κ1) is 15.3. The van der Waals surface area contributed by atoms with Gasteiger partial charge in [-0.15, -0.1) is 6.58 Å². The van der Waals surface area contributed by atoms with Gasteiger partial charge >= 0.3 is 0 Å². The van der Waals surface area contributed by atoms with Crippen molar-refractivity contribution in [3.63, 3.8) is 0 Å². The molecule has 0 aliphatic heterocycles. The van der Waals surface area contributed by atoms with Crippen LogP contribution in [0.3, 0.4) is 0 Å². The van der Waals surface area contributed by atoms with Gasteiger partial charge in [-0.3, -0.25) is 4.90 Å². The third kappa shape index (κ3) is 4.50. The number of aryl methyl sites for hydroxylation is 1. The molecule has 0 unspecified atom stereocenters. The minimum Gasteiger partial charge on any atom is -0.465 e. The Balaban J connectivity index is 1.97. The molecule has 0 amide bonds. The lowest BCUT2D eigenvalue weighted by atomic mass is 10.1. The van der Waals surface area contributed by atoms with E-state index in [-0.39, 0.29) is 5.54 Å². The molecule has 0 atom stereocenters. The highest BCUT2D eigenvalue weighted by Gasteiger charge is 2.28. The van der Waals surface area contributed by atoms with Gasteiger partial charge < -0.3 is 9.73 Å². The normalized spacial score (nSPS) is 15.8. The van der Waals surface area contributed by atoms with Gasteiger partial charge in [0.2, 0.25) is 0 Å². The van der Waals surface area contributed by atoms with Crippen molar-refractivity contribution in [2.75, 3.05) is 6.54 Å². The maximum atomic E-state index is 5.87. The van der Waals surface area contributed by atoms with E-state index in [1.54, 1.807) is 0 Å². The van der Waals surface area contributed by atoms with E-state index in [9.17, 15) is 0 Å². The molecule has 0 saturated heterocycles. The monoisotopic (exact) mass is 276 g/mol. The van der Waals surface area contributed by atoms with Crippen molar-refractivity contribution in [1.29, 1.82) is 0 Å². The second kappa shape index (κ2) is 6.15. The average molecular weight is 276 g/mol. The molecular formula is C17H28N2O. The molecule has 1 saturated carbocycles. The van der Waals surface area contributed by atoms with Crippen molar-refractivity contribution in [2.45, 2.75) is 65.2 Å². The van der Waals surface area contributed by atoms with Crippen LogP contribution in [0.4, 0.5) is 0 Å². The summed E-state index contributed by atoms with van der Waals surface area (Å²) in [7, 11) is 0. The third-order valence-electron chi connectivity index (χ3n) is 3.66. The van der Waals surface area contributed by atoms with Crippen LogP contribution < -0.4 is 5.32 Å². The Morgan fingerprint density at radius 3 is 2.70 bits per heavy atom. The summed E-state index contributed by atoms with van der Waals surface area (Å²) in [6.45, 7) is 15.2. The minimum absolute atomic E-state index is 0.115. The lowest BCUT2D eigenvalue weighted by Gasteiger charge is -2.19. The standard InChI is InChI=1S/C17H28N2O/c1-6-9-19(15-7-8-15)12-14-10-16(20-13(14)2)11-18-17(3,4)5/h6,10,15,18H,1,7-9,11-12H2,2-5H3. The van der Waals surface area contributed by atoms with Crippen LogP contribution in [0.1, 0.15) is 50.7 Å². The van der Waals surface area contributed by atoms with Crippen LogP contribution in [-0.4, -0.2) is 23.0 Å². The van der Waals surface area contributed by atoms with E-state index < -0.39 is 0 Å². The van der Waals surface area contributed by atoms with Crippen LogP contribution in [0.2, 0.25) is 0 Å². The fourth-order valence-electron chi connectivity index (χ4n) is 2.35. The molecule has 0 spiro atoms. The summed E-state index contributed by atoms with van der Waals surface area (Å²) in [4.78, 5) is 2.49. The predicted molar refractivity (Wildman–Crippen MR) is 83.7 cm³/mol. The van der Waals surface area contributed by atoms with Crippen molar-refractivity contribution in [1.82, 2.24) is 10.2 Å². The second-order valence-corrected chi connectivity index (χ2v) is 6.85. The summed E-state index contributed by atoms with van der Waals surface area (Å²) >= 11 is 0. The summed E-state index contributed by atoms with van der Waals surface area (Å²) in [5.41, 5.74) is 1.42. The first-order chi connectivity index (χ1) is 9.39. The van der Waals surface area contributed by atoms with Gasteiger partial charge in [0.05, 0.1) is 6.54 Å². The molecule has 1 N–H and O–H groups in total. The van der Waals surface area contributed by atoms with Gasteiger partial charge in [-0.05, 0) is 46.6 Å². The lowest BCUT2D eigenvalue weighted by molar-refractivity contribution is 0.281. The molecule has 1 aliphatic carbocycles. The molecule has 1 aromatic rings. The smallest absolute Gasteiger partial charge is 0.118 e. The largest absolute Gasteiger partial charge is 0.465 e. The van der Waals surface area contributed by atoms with E-state index in [0.29, 0.717) is 0 Å². The fraction of sp³-hybridized carbons (Fsp3) is 0.647. The van der Waals surface area contributed by atoms with E-state index in [1.165, 1.54) is 18.4 Å². The Kier molecular flexibility index (Phi) is 4.71. The van der Waals surface area contributed by atoms with Crippen LogP contribution in [0.15, 0.2) is 23.1 Å². The Morgan fingerprint density at radius 1 is 1.45 bits per heavy atom. The Hall–Kier alpha value is -1.06. The third-order valence-corrected chi connectivity index (χ3v) is 3.66. The van der Waals surface area contributed by atoms with Crippen molar-refractivity contribution >= 4 is 0 Å². The van der Waals surface area contributed by atoms with Gasteiger partial charge in [0, 0.05) is 30.2 Å². The number of hydrogen-bond acceptors (Lipinski definition) is 3. The van der Waals surface area contributed by atoms with E-state index in [1.807, 2.05) is 6.08 Å². The molecule has 2 rings (SSSR count). The molecule has 1 heterocycles. The summed E-state index contributed by atoms with van der Waals surface area (Å²) in [5.74, 6) is 2.08. The summed E-state index contributed by atoms with van der Waals surface area (Å²) in [5, 5.41) is 3.47. The zero-order valence-electron chi connectivity index (χ0n) is 13.3. The zero-order valence-corrected chi connectivity index (χ0v) is 13.3. The van der Waals surface area contributed by atoms with Crippen LogP contribution in [0.25, 0.3) is 0 Å². The van der Waals surface area contributed by atoms with Crippen LogP contribution in [-0.2, 0) is 13.1 Å². The zero-order chi connectivity index (χ0) is 14.8. The molecule has 20 heavy (non-hydrogen) atoms. The summed E-state index contributed by atoms with van der Waals surface area (Å²) < 4.78 is 5.87. The Bertz CT molecular complexity index is 452. The number of hydrogen-bond donors (Lipinski definition) is 1. The van der Waals surface area contributed by atoms with E-state index in [2.05, 4.69) is 50.6 Å². The minimum atomic E-state index is 0.115. The van der Waals surface area contributed by atoms with Crippen molar-refractivity contribution in [3.05, 3.63) is 35.8 Å². The first-order valence-electron chi connectivity index (χ1n) is 7.57. The van der Waals surface area contributed by atoms with Gasteiger partial charge in [-0.1, -0.05) is 6.08 Å². The number of nitrogens with one attached hydrogen (secondary N) is 1. The number of furan rings is 1. The van der Waals surface area contributed by atoms with Crippen LogP contribution in [0, 0.1) is 6.92 Å². The van der Waals surface area contributed by atoms with Gasteiger partial charge in [-0.2, -0.15) is 0 Å². The van der Waals surface area contributed by atoms with Crippen molar-refractivity contribution in [2.24, 2.45) is 0 Å². The molecule has 3 heteroatoms. The highest BCUT2D eigenvalue weighted by Crippen LogP contribution is 2.29. The number of rotatable bonds is 7. The highest BCUT2D eigenvalue weighted by molar-refractivity contribution is 5.21. The van der Waals surface area contributed by atoms with E-state index in [0.717, 1.165) is 37.2 Å². The van der Waals surface area contributed by atoms with Crippen molar-refractivity contribution in [3.8, 4) is 0 Å². The topological polar surface area (TPSA) is 28.4 Å². The summed E-state index contributed by atoms with van der Waals surface area (Å²) in [6, 6.07) is 2.95. The molecular weight excluding hydrogens is 248 g/mol. The summed E-state index contributed by atoms with van der Waals surface area (Å²) in [6.07, 6.45) is 4.64. The van der Waals surface area contributed by atoms with E-state index >= 15 is 0 Å². The first-order valence-corrected chi connectivity index (χ1v) is 7.57. The number of nitrogens with zero attached hydrogens (tertiary/aromatic N) is 1. The van der Waals surface area contributed by atoms with Gasteiger partial charge in [0.1, 0.15) is 11.5 Å². The maximum Gasteiger partial charge on any atom is 0.118 e. The van der Waals surface area contributed by atoms with Crippen LogP contribution >= 0.6 is 0 Å². The second-order valence-electron chi connectivity index (χ2n) is 6.85. The molecule has 1 fully saturated rings. The van der Waals surface area contributed by atoms with Crippen molar-refractivity contribution < 1.29 is 4.42 Å². The maximum absolute atomic E-state index is 5.87. The Labute approximate surface area is 123 Å². The lowest BCUT2D eigenvalue weighted by Crippen LogP contribution is -2.34. The molecule has 0 bridgehead atoms. The average Bonchev–Trinajstić information content (AvgIpc) is 3.12. The molecule has 112 valence electrons. The van der Waals surface area contributed by atoms with E-state index in [4.69, 9.17) is 4.42 Å². The molecule has 0 aromatic carbocycles. The quantitative estimate of drug-likeness (QED) is 0.771. The predicted octanol–water partition coefficient (Wildman–Crippen LogP) is 3.63.